The van der Waals surface area contributed by atoms with E-state index in [4.69, 9.17) is 35.0 Å². The van der Waals surface area contributed by atoms with E-state index in [9.17, 15) is 0 Å². The zero-order valence-corrected chi connectivity index (χ0v) is 10.7. The summed E-state index contributed by atoms with van der Waals surface area (Å²) in [7, 11) is -10.3. The molecule has 0 aromatic heterocycles. The fourth-order valence-electron chi connectivity index (χ4n) is 0. The van der Waals surface area contributed by atoms with E-state index in [1.54, 1.807) is 0 Å². The minimum atomic E-state index is -5.17. The van der Waals surface area contributed by atoms with Crippen molar-refractivity contribution < 1.29 is 83.2 Å². The first-order valence-corrected chi connectivity index (χ1v) is 4.00. The molecule has 15 heavy (non-hydrogen) atoms. The molecule has 12 nitrogen and oxygen atoms in total. The van der Waals surface area contributed by atoms with Crippen LogP contribution in [0.25, 0.3) is 0 Å². The minimum absolute atomic E-state index is 0. The van der Waals surface area contributed by atoms with Gasteiger partial charge in [-0.3, -0.25) is 16.8 Å². The average molecular weight is 355 g/mol. The van der Waals surface area contributed by atoms with Gasteiger partial charge in [-0.05, 0) is 0 Å². The predicted octanol–water partition coefficient (Wildman–Crippen LogP) is -5.98. The molecule has 0 aliphatic carbocycles. The van der Waals surface area contributed by atoms with Crippen molar-refractivity contribution in [3.8, 4) is 0 Å². The van der Waals surface area contributed by atoms with Crippen LogP contribution in [0.2, 0.25) is 0 Å². The van der Waals surface area contributed by atoms with Crippen molar-refractivity contribution in [2.45, 2.75) is 0 Å². The van der Waals surface area contributed by atoms with Gasteiger partial charge in [0.15, 0.2) is 0 Å². The molecule has 0 rings (SSSR count). The van der Waals surface area contributed by atoms with Gasteiger partial charge in [-0.2, -0.15) is 0 Å². The predicted molar refractivity (Wildman–Crippen MR) is 35.4 cm³/mol. The molecule has 0 amide bonds. The van der Waals surface area contributed by atoms with Gasteiger partial charge in [-0.15, -0.1) is 0 Å². The monoisotopic (exact) mass is 354 g/mol. The molecular formula is H8O12S2Zr. The smallest absolute Gasteiger partial charge is 0.759 e. The van der Waals surface area contributed by atoms with Crippen LogP contribution < -0.4 is 0 Å². The molecule has 0 fully saturated rings. The van der Waals surface area contributed by atoms with Crippen molar-refractivity contribution in [3.05, 3.63) is 0 Å². The Kier molecular flexibility index (Phi) is 50.8. The Balaban J connectivity index is -0.0000000128. The van der Waals surface area contributed by atoms with Crippen LogP contribution in [0.4, 0.5) is 0 Å². The first-order chi connectivity index (χ1) is 4.00. The molecule has 0 saturated heterocycles. The van der Waals surface area contributed by atoms with E-state index in [1.807, 2.05) is 0 Å². The molecule has 0 aromatic carbocycles. The topological polar surface area (TPSA) is 287 Å². The van der Waals surface area contributed by atoms with Gasteiger partial charge in [0.05, 0.1) is 0 Å². The fourth-order valence-corrected chi connectivity index (χ4v) is 0. The molecule has 96 valence electrons. The van der Waals surface area contributed by atoms with Crippen molar-refractivity contribution >= 4 is 20.8 Å². The maximum Gasteiger partial charge on any atom is 4.00 e. The Morgan fingerprint density at radius 3 is 0.533 bits per heavy atom. The SMILES string of the molecule is O.O.O.O.O=S(=O)([O-])[O-].O=S(=O)([O-])[O-].[Zr+4]. The maximum atomic E-state index is 8.52. The van der Waals surface area contributed by atoms with E-state index in [1.165, 1.54) is 0 Å². The van der Waals surface area contributed by atoms with Crippen molar-refractivity contribution in [1.82, 2.24) is 0 Å². The minimum Gasteiger partial charge on any atom is -0.759 e. The van der Waals surface area contributed by atoms with Crippen molar-refractivity contribution in [3.63, 3.8) is 0 Å². The van der Waals surface area contributed by atoms with Gasteiger partial charge in [0.2, 0.25) is 0 Å². The molecule has 0 spiro atoms. The number of rotatable bonds is 0. The van der Waals surface area contributed by atoms with Crippen LogP contribution in [-0.4, -0.2) is 57.0 Å². The van der Waals surface area contributed by atoms with Crippen molar-refractivity contribution in [2.75, 3.05) is 0 Å². The van der Waals surface area contributed by atoms with E-state index in [-0.39, 0.29) is 48.1 Å². The van der Waals surface area contributed by atoms with Gasteiger partial charge in [-0.1, -0.05) is 0 Å². The fraction of sp³-hybridized carbons (Fsp3) is 0. The van der Waals surface area contributed by atoms with Crippen LogP contribution in [-0.2, 0) is 47.0 Å². The summed E-state index contributed by atoms with van der Waals surface area (Å²) in [5.41, 5.74) is 0. The molecule has 0 atom stereocenters. The molecule has 0 aliphatic rings. The molecule has 0 heterocycles. The average Bonchev–Trinajstić information content (AvgIpc) is 1.12. The second-order valence-electron chi connectivity index (χ2n) is 0.816. The molecule has 0 aromatic rings. The van der Waals surface area contributed by atoms with E-state index in [0.717, 1.165) is 0 Å². The molecule has 8 N–H and O–H groups in total. The third kappa shape index (κ3) is 10500. The number of hydrogen-bond acceptors (Lipinski definition) is 8. The zero-order chi connectivity index (χ0) is 9.00. The molecule has 15 heteroatoms. The normalized spacial score (nSPS) is 7.73. The van der Waals surface area contributed by atoms with Crippen LogP contribution in [0, 0.1) is 0 Å². The summed E-state index contributed by atoms with van der Waals surface area (Å²) in [4.78, 5) is 0. The van der Waals surface area contributed by atoms with E-state index in [2.05, 4.69) is 0 Å². The number of hydrogen-bond donors (Lipinski definition) is 0. The van der Waals surface area contributed by atoms with Crippen LogP contribution in [0.1, 0.15) is 0 Å². The van der Waals surface area contributed by atoms with E-state index >= 15 is 0 Å². The van der Waals surface area contributed by atoms with E-state index < -0.39 is 20.8 Å². The van der Waals surface area contributed by atoms with E-state index in [0.29, 0.717) is 0 Å². The van der Waals surface area contributed by atoms with Gasteiger partial charge < -0.3 is 40.1 Å². The molecule has 0 unspecified atom stereocenters. The Hall–Kier alpha value is 0.463. The molecular weight excluding hydrogens is 347 g/mol. The Morgan fingerprint density at radius 2 is 0.533 bits per heavy atom. The van der Waals surface area contributed by atoms with Gasteiger partial charge in [0.25, 0.3) is 0 Å². The second kappa shape index (κ2) is 16.9. The summed E-state index contributed by atoms with van der Waals surface area (Å²) in [5, 5.41) is 0. The Labute approximate surface area is 104 Å². The van der Waals surface area contributed by atoms with Crippen LogP contribution in [0.3, 0.4) is 0 Å². The molecule has 0 aliphatic heterocycles. The summed E-state index contributed by atoms with van der Waals surface area (Å²) in [6.07, 6.45) is 0. The third-order valence-corrected chi connectivity index (χ3v) is 0. The van der Waals surface area contributed by atoms with Crippen molar-refractivity contribution in [2.24, 2.45) is 0 Å². The second-order valence-corrected chi connectivity index (χ2v) is 2.45. The van der Waals surface area contributed by atoms with Gasteiger partial charge in [-0.25, -0.2) is 0 Å². The standard InChI is InChI=1S/2H2O4S.4H2O.Zr/c2*1-5(2,3)4;;;;;/h2*(H2,1,2,3,4);4*1H2;/q;;;;;;+4/p-4. The largest absolute Gasteiger partial charge is 4.00 e. The molecule has 0 saturated carbocycles. The maximum absolute atomic E-state index is 8.52. The first-order valence-electron chi connectivity index (χ1n) is 1.33. The quantitative estimate of drug-likeness (QED) is 0.296. The molecule has 0 bridgehead atoms. The van der Waals surface area contributed by atoms with Crippen LogP contribution in [0.5, 0.6) is 0 Å². The first kappa shape index (κ1) is 45.2. The summed E-state index contributed by atoms with van der Waals surface area (Å²) in [6, 6.07) is 0. The van der Waals surface area contributed by atoms with Crippen LogP contribution in [0.15, 0.2) is 0 Å². The zero-order valence-electron chi connectivity index (χ0n) is 6.58. The van der Waals surface area contributed by atoms with Gasteiger partial charge >= 0.3 is 26.2 Å². The third-order valence-electron chi connectivity index (χ3n) is 0. The summed E-state index contributed by atoms with van der Waals surface area (Å²) in [5.74, 6) is 0. The summed E-state index contributed by atoms with van der Waals surface area (Å²) >= 11 is 0. The van der Waals surface area contributed by atoms with Crippen LogP contribution >= 0.6 is 0 Å². The Morgan fingerprint density at radius 1 is 0.533 bits per heavy atom. The Bertz CT molecular complexity index is 210. The van der Waals surface area contributed by atoms with Gasteiger partial charge in [0.1, 0.15) is 0 Å². The van der Waals surface area contributed by atoms with Gasteiger partial charge in [0, 0.05) is 20.8 Å². The van der Waals surface area contributed by atoms with Crippen molar-refractivity contribution in [1.29, 1.82) is 0 Å². The summed E-state index contributed by atoms with van der Waals surface area (Å²) in [6.45, 7) is 0. The molecule has 0 radical (unpaired) electrons. The summed E-state index contributed by atoms with van der Waals surface area (Å²) < 4.78 is 68.2.